The monoisotopic (exact) mass is 478 g/mol. The first kappa shape index (κ1) is 24.4. The number of thiophene rings is 1. The number of carbonyl (C=O) groups excluding carboxylic acids is 2. The fraction of sp³-hybridized carbons (Fsp3) is 0.478. The molecule has 1 fully saturated rings. The summed E-state index contributed by atoms with van der Waals surface area (Å²) in [6.45, 7) is 10.8. The van der Waals surface area contributed by atoms with E-state index in [1.54, 1.807) is 6.92 Å². The van der Waals surface area contributed by atoms with Crippen LogP contribution in [0.25, 0.3) is 0 Å². The van der Waals surface area contributed by atoms with Crippen LogP contribution in [0.5, 0.6) is 0 Å². The van der Waals surface area contributed by atoms with Crippen molar-refractivity contribution in [3.8, 4) is 0 Å². The van der Waals surface area contributed by atoms with Crippen molar-refractivity contribution >= 4 is 38.2 Å². The van der Waals surface area contributed by atoms with Crippen molar-refractivity contribution in [3.05, 3.63) is 45.8 Å². The fourth-order valence-electron chi connectivity index (χ4n) is 4.07. The van der Waals surface area contributed by atoms with Gasteiger partial charge in [-0.1, -0.05) is 13.8 Å². The van der Waals surface area contributed by atoms with Crippen LogP contribution in [0.15, 0.2) is 29.2 Å². The van der Waals surface area contributed by atoms with E-state index in [0.29, 0.717) is 41.1 Å². The molecule has 2 heterocycles. The minimum Gasteiger partial charge on any atom is -0.462 e. The first-order chi connectivity index (χ1) is 15.0. The van der Waals surface area contributed by atoms with Gasteiger partial charge in [0, 0.05) is 23.5 Å². The summed E-state index contributed by atoms with van der Waals surface area (Å²) in [6, 6.07) is 5.92. The summed E-state index contributed by atoms with van der Waals surface area (Å²) < 4.78 is 32.7. The predicted octanol–water partition coefficient (Wildman–Crippen LogP) is 4.46. The lowest BCUT2D eigenvalue weighted by Crippen LogP contribution is -2.42. The van der Waals surface area contributed by atoms with E-state index in [9.17, 15) is 18.0 Å². The fourth-order valence-corrected chi connectivity index (χ4v) is 6.79. The van der Waals surface area contributed by atoms with Gasteiger partial charge in [-0.25, -0.2) is 13.2 Å². The van der Waals surface area contributed by atoms with Crippen LogP contribution in [0.4, 0.5) is 5.00 Å². The number of hydrogen-bond donors (Lipinski definition) is 1. The highest BCUT2D eigenvalue weighted by atomic mass is 32.2. The average molecular weight is 479 g/mol. The normalized spacial score (nSPS) is 19.5. The van der Waals surface area contributed by atoms with Crippen LogP contribution in [0.3, 0.4) is 0 Å². The van der Waals surface area contributed by atoms with Crippen LogP contribution in [0.2, 0.25) is 0 Å². The number of anilines is 1. The molecule has 1 aromatic carbocycles. The molecule has 1 amide bonds. The average Bonchev–Trinajstić information content (AvgIpc) is 3.00. The standard InChI is InChI=1S/C23H30N2O5S2/c1-6-30-23(27)20-16(4)17(5)31-22(20)24-21(26)18-7-9-19(10-8-18)32(28,29)25-12-14(2)11-15(3)13-25/h7-10,14-15H,6,11-13H2,1-5H3,(H,24,26)/t14-,15+. The molecule has 174 valence electrons. The predicted molar refractivity (Wildman–Crippen MR) is 126 cm³/mol. The molecule has 7 nitrogen and oxygen atoms in total. The Labute approximate surface area is 193 Å². The molecular weight excluding hydrogens is 448 g/mol. The molecule has 3 rings (SSSR count). The summed E-state index contributed by atoms with van der Waals surface area (Å²) in [6.07, 6.45) is 1.01. The maximum atomic E-state index is 13.0. The Bertz CT molecular complexity index is 1100. The lowest BCUT2D eigenvalue weighted by molar-refractivity contribution is 0.0527. The number of sulfonamides is 1. The van der Waals surface area contributed by atoms with Gasteiger partial charge in [-0.2, -0.15) is 4.31 Å². The zero-order chi connectivity index (χ0) is 23.6. The topological polar surface area (TPSA) is 92.8 Å². The van der Waals surface area contributed by atoms with E-state index in [1.165, 1.54) is 39.9 Å². The number of piperidine rings is 1. The van der Waals surface area contributed by atoms with E-state index in [-0.39, 0.29) is 11.5 Å². The van der Waals surface area contributed by atoms with Crippen molar-refractivity contribution < 1.29 is 22.7 Å². The zero-order valence-corrected chi connectivity index (χ0v) is 20.7. The number of amides is 1. The first-order valence-electron chi connectivity index (χ1n) is 10.7. The van der Waals surface area contributed by atoms with Gasteiger partial charge in [0.05, 0.1) is 17.1 Å². The van der Waals surface area contributed by atoms with Gasteiger partial charge in [-0.3, -0.25) is 4.79 Å². The molecular formula is C23H30N2O5S2. The number of nitrogens with one attached hydrogen (secondary N) is 1. The summed E-state index contributed by atoms with van der Waals surface area (Å²) in [5.74, 6) is -0.271. The third-order valence-corrected chi connectivity index (χ3v) is 8.65. The molecule has 1 aromatic heterocycles. The van der Waals surface area contributed by atoms with Crippen molar-refractivity contribution in [3.63, 3.8) is 0 Å². The third kappa shape index (κ3) is 5.05. The van der Waals surface area contributed by atoms with E-state index in [0.717, 1.165) is 16.9 Å². The van der Waals surface area contributed by atoms with Crippen LogP contribution in [-0.4, -0.2) is 44.3 Å². The summed E-state index contributed by atoms with van der Waals surface area (Å²) in [7, 11) is -3.61. The number of ether oxygens (including phenoxy) is 1. The molecule has 1 saturated heterocycles. The van der Waals surface area contributed by atoms with E-state index >= 15 is 0 Å². The Morgan fingerprint density at radius 1 is 1.12 bits per heavy atom. The maximum Gasteiger partial charge on any atom is 0.341 e. The highest BCUT2D eigenvalue weighted by Gasteiger charge is 2.31. The second kappa shape index (κ2) is 9.72. The third-order valence-electron chi connectivity index (χ3n) is 5.68. The number of benzene rings is 1. The number of aryl methyl sites for hydroxylation is 1. The molecule has 0 bridgehead atoms. The van der Waals surface area contributed by atoms with Gasteiger partial charge in [0.15, 0.2) is 0 Å². The number of carbonyl (C=O) groups is 2. The minimum atomic E-state index is -3.61. The second-order valence-electron chi connectivity index (χ2n) is 8.45. The minimum absolute atomic E-state index is 0.172. The van der Waals surface area contributed by atoms with Crippen molar-refractivity contribution in [2.75, 3.05) is 25.0 Å². The maximum absolute atomic E-state index is 13.0. The van der Waals surface area contributed by atoms with Gasteiger partial charge in [0.2, 0.25) is 10.0 Å². The molecule has 32 heavy (non-hydrogen) atoms. The highest BCUT2D eigenvalue weighted by Crippen LogP contribution is 2.33. The molecule has 1 aliphatic heterocycles. The Balaban J connectivity index is 1.79. The second-order valence-corrected chi connectivity index (χ2v) is 11.6. The van der Waals surface area contributed by atoms with Crippen LogP contribution in [-0.2, 0) is 14.8 Å². The molecule has 1 aliphatic rings. The molecule has 2 atom stereocenters. The highest BCUT2D eigenvalue weighted by molar-refractivity contribution is 7.89. The number of rotatable bonds is 6. The Hall–Kier alpha value is -2.23. The molecule has 9 heteroatoms. The molecule has 0 saturated carbocycles. The lowest BCUT2D eigenvalue weighted by atomic mass is 9.94. The van der Waals surface area contributed by atoms with Crippen molar-refractivity contribution in [1.29, 1.82) is 0 Å². The quantitative estimate of drug-likeness (QED) is 0.619. The Morgan fingerprint density at radius 3 is 2.28 bits per heavy atom. The molecule has 0 spiro atoms. The lowest BCUT2D eigenvalue weighted by Gasteiger charge is -2.34. The molecule has 0 radical (unpaired) electrons. The van der Waals surface area contributed by atoms with Crippen molar-refractivity contribution in [2.24, 2.45) is 11.8 Å². The summed E-state index contributed by atoms with van der Waals surface area (Å²) in [5, 5.41) is 3.21. The van der Waals surface area contributed by atoms with E-state index < -0.39 is 21.9 Å². The number of esters is 1. The number of hydrogen-bond acceptors (Lipinski definition) is 6. The summed E-state index contributed by atoms with van der Waals surface area (Å²) in [5.41, 5.74) is 1.44. The SMILES string of the molecule is CCOC(=O)c1c(NC(=O)c2ccc(S(=O)(=O)N3C[C@H](C)C[C@H](C)C3)cc2)sc(C)c1C. The first-order valence-corrected chi connectivity index (χ1v) is 13.0. The van der Waals surface area contributed by atoms with Crippen LogP contribution < -0.4 is 5.32 Å². The molecule has 0 aliphatic carbocycles. The molecule has 2 aromatic rings. The van der Waals surface area contributed by atoms with Crippen LogP contribution in [0.1, 0.15) is 58.3 Å². The van der Waals surface area contributed by atoms with Crippen LogP contribution >= 0.6 is 11.3 Å². The van der Waals surface area contributed by atoms with Gasteiger partial charge in [0.1, 0.15) is 5.00 Å². The van der Waals surface area contributed by atoms with Gasteiger partial charge in [0.25, 0.3) is 5.91 Å². The van der Waals surface area contributed by atoms with Gasteiger partial charge in [-0.15, -0.1) is 11.3 Å². The molecule has 0 unspecified atom stereocenters. The van der Waals surface area contributed by atoms with E-state index in [1.807, 2.05) is 13.8 Å². The Morgan fingerprint density at radius 2 is 1.72 bits per heavy atom. The van der Waals surface area contributed by atoms with E-state index in [2.05, 4.69) is 19.2 Å². The van der Waals surface area contributed by atoms with Gasteiger partial charge >= 0.3 is 5.97 Å². The van der Waals surface area contributed by atoms with Gasteiger partial charge < -0.3 is 10.1 Å². The summed E-state index contributed by atoms with van der Waals surface area (Å²) in [4.78, 5) is 26.2. The van der Waals surface area contributed by atoms with Crippen molar-refractivity contribution in [1.82, 2.24) is 4.31 Å². The van der Waals surface area contributed by atoms with Crippen molar-refractivity contribution in [2.45, 2.75) is 45.9 Å². The smallest absolute Gasteiger partial charge is 0.341 e. The number of nitrogens with zero attached hydrogens (tertiary/aromatic N) is 1. The zero-order valence-electron chi connectivity index (χ0n) is 19.1. The molecule has 1 N–H and O–H groups in total. The van der Waals surface area contributed by atoms with Crippen LogP contribution in [0, 0.1) is 25.7 Å². The largest absolute Gasteiger partial charge is 0.462 e. The summed E-state index contributed by atoms with van der Waals surface area (Å²) >= 11 is 1.31. The van der Waals surface area contributed by atoms with Gasteiger partial charge in [-0.05, 0) is 68.9 Å². The van der Waals surface area contributed by atoms with E-state index in [4.69, 9.17) is 4.74 Å². The Kier molecular flexibility index (Phi) is 7.42.